The van der Waals surface area contributed by atoms with E-state index in [0.717, 1.165) is 6.42 Å². The summed E-state index contributed by atoms with van der Waals surface area (Å²) in [6, 6.07) is 3.04. The third kappa shape index (κ3) is 3.37. The zero-order valence-electron chi connectivity index (χ0n) is 12.3. The molecular weight excluding hydrogens is 317 g/mol. The van der Waals surface area contributed by atoms with Crippen LogP contribution in [-0.4, -0.2) is 29.9 Å². The molecule has 0 aliphatic heterocycles. The summed E-state index contributed by atoms with van der Waals surface area (Å²) in [6.45, 7) is 1.95. The van der Waals surface area contributed by atoms with Gasteiger partial charge in [-0.2, -0.15) is 13.2 Å². The Labute approximate surface area is 130 Å². The highest BCUT2D eigenvalue weighted by molar-refractivity contribution is 7.99. The summed E-state index contributed by atoms with van der Waals surface area (Å²) in [7, 11) is 2.88. The Balaban J connectivity index is 2.70. The molecule has 2 aromatic rings. The van der Waals surface area contributed by atoms with Crippen molar-refractivity contribution >= 4 is 22.7 Å². The van der Waals surface area contributed by atoms with E-state index in [1.807, 2.05) is 6.92 Å². The van der Waals surface area contributed by atoms with Crippen LogP contribution in [0.3, 0.4) is 0 Å². The normalized spacial score (nSPS) is 11.7. The lowest BCUT2D eigenvalue weighted by Crippen LogP contribution is -2.12. The topological polar surface area (TPSA) is 44.2 Å². The maximum atomic E-state index is 13.0. The van der Waals surface area contributed by atoms with Crippen molar-refractivity contribution in [1.29, 1.82) is 0 Å². The molecule has 1 heterocycles. The first-order chi connectivity index (χ1) is 10.4. The highest BCUT2D eigenvalue weighted by Crippen LogP contribution is 2.37. The van der Waals surface area contributed by atoms with Crippen LogP contribution in [-0.2, 0) is 6.18 Å². The number of nitrogens with zero attached hydrogens (tertiary/aromatic N) is 2. The van der Waals surface area contributed by atoms with Crippen molar-refractivity contribution in [1.82, 2.24) is 9.97 Å². The van der Waals surface area contributed by atoms with Crippen LogP contribution in [0.4, 0.5) is 13.2 Å². The van der Waals surface area contributed by atoms with Gasteiger partial charge in [-0.3, -0.25) is 0 Å². The Morgan fingerprint density at radius 3 is 2.27 bits per heavy atom. The van der Waals surface area contributed by atoms with E-state index in [1.54, 1.807) is 6.07 Å². The van der Waals surface area contributed by atoms with Crippen LogP contribution >= 0.6 is 11.8 Å². The summed E-state index contributed by atoms with van der Waals surface area (Å²) in [6.07, 6.45) is -3.77. The van der Waals surface area contributed by atoms with Crippen LogP contribution in [0.15, 0.2) is 17.2 Å². The monoisotopic (exact) mass is 332 g/mol. The fourth-order valence-corrected chi connectivity index (χ4v) is 2.73. The second kappa shape index (κ2) is 6.60. The van der Waals surface area contributed by atoms with Crippen molar-refractivity contribution in [3.8, 4) is 11.5 Å². The molecule has 0 bridgehead atoms. The number of ether oxygens (including phenoxy) is 2. The van der Waals surface area contributed by atoms with E-state index < -0.39 is 12.0 Å². The van der Waals surface area contributed by atoms with E-state index in [0.29, 0.717) is 27.7 Å². The van der Waals surface area contributed by atoms with Gasteiger partial charge in [0.1, 0.15) is 5.03 Å². The molecule has 2 rings (SSSR count). The molecule has 22 heavy (non-hydrogen) atoms. The Kier molecular flexibility index (Phi) is 5.00. The minimum Gasteiger partial charge on any atom is -0.493 e. The lowest BCUT2D eigenvalue weighted by Gasteiger charge is -2.13. The quantitative estimate of drug-likeness (QED) is 0.607. The number of thioether (sulfide) groups is 1. The zero-order valence-corrected chi connectivity index (χ0v) is 13.1. The average molecular weight is 332 g/mol. The van der Waals surface area contributed by atoms with Gasteiger partial charge in [-0.15, -0.1) is 11.8 Å². The molecule has 0 atom stereocenters. The first-order valence-electron chi connectivity index (χ1n) is 6.54. The van der Waals surface area contributed by atoms with E-state index in [9.17, 15) is 13.2 Å². The fraction of sp³-hybridized carbons (Fsp3) is 0.429. The molecule has 0 saturated carbocycles. The first kappa shape index (κ1) is 16.7. The number of methoxy groups -OCH3 is 2. The Hall–Kier alpha value is -1.70. The number of benzene rings is 1. The van der Waals surface area contributed by atoms with Gasteiger partial charge >= 0.3 is 6.18 Å². The smallest absolute Gasteiger partial charge is 0.451 e. The lowest BCUT2D eigenvalue weighted by atomic mass is 10.2. The third-order valence-corrected chi connectivity index (χ3v) is 4.06. The number of hydrogen-bond donors (Lipinski definition) is 0. The highest BCUT2D eigenvalue weighted by Gasteiger charge is 2.35. The van der Waals surface area contributed by atoms with E-state index in [4.69, 9.17) is 9.47 Å². The molecule has 0 unspecified atom stereocenters. The van der Waals surface area contributed by atoms with Gasteiger partial charge in [0.05, 0.1) is 19.7 Å². The van der Waals surface area contributed by atoms with Gasteiger partial charge in [0.2, 0.25) is 5.82 Å². The molecule has 0 aliphatic rings. The van der Waals surface area contributed by atoms with Gasteiger partial charge in [-0.05, 0) is 18.2 Å². The number of rotatable bonds is 5. The number of halogens is 3. The second-order valence-corrected chi connectivity index (χ2v) is 5.51. The molecule has 1 aromatic heterocycles. The van der Waals surface area contributed by atoms with Gasteiger partial charge in [0.15, 0.2) is 11.5 Å². The third-order valence-electron chi connectivity index (χ3n) is 2.86. The van der Waals surface area contributed by atoms with Crippen molar-refractivity contribution < 1.29 is 22.6 Å². The molecule has 120 valence electrons. The molecule has 0 aliphatic carbocycles. The van der Waals surface area contributed by atoms with Crippen molar-refractivity contribution in [2.75, 3.05) is 20.0 Å². The number of fused-ring (bicyclic) bond motifs is 1. The molecule has 0 amide bonds. The first-order valence-corrected chi connectivity index (χ1v) is 7.53. The second-order valence-electron chi connectivity index (χ2n) is 4.42. The van der Waals surface area contributed by atoms with E-state index in [-0.39, 0.29) is 5.52 Å². The number of hydrogen-bond acceptors (Lipinski definition) is 5. The molecule has 0 radical (unpaired) electrons. The van der Waals surface area contributed by atoms with Gasteiger partial charge in [-0.1, -0.05) is 6.92 Å². The standard InChI is InChI=1S/C14H15F3N2O2S/c1-4-5-22-12-8-6-10(20-2)11(21-3)7-9(8)18-13(19-12)14(15,16)17/h6-7H,4-5H2,1-3H3. The van der Waals surface area contributed by atoms with E-state index in [1.165, 1.54) is 32.0 Å². The van der Waals surface area contributed by atoms with Crippen LogP contribution in [0.5, 0.6) is 11.5 Å². The molecule has 0 spiro atoms. The largest absolute Gasteiger partial charge is 0.493 e. The van der Waals surface area contributed by atoms with Crippen molar-refractivity contribution in [3.63, 3.8) is 0 Å². The van der Waals surface area contributed by atoms with Gasteiger partial charge in [0, 0.05) is 11.5 Å². The maximum Gasteiger partial charge on any atom is 0.451 e. The van der Waals surface area contributed by atoms with E-state index in [2.05, 4.69) is 9.97 Å². The van der Waals surface area contributed by atoms with Crippen LogP contribution in [0, 0.1) is 0 Å². The Morgan fingerprint density at radius 1 is 1.09 bits per heavy atom. The Morgan fingerprint density at radius 2 is 1.73 bits per heavy atom. The molecule has 0 saturated heterocycles. The average Bonchev–Trinajstić information content (AvgIpc) is 2.49. The maximum absolute atomic E-state index is 13.0. The van der Waals surface area contributed by atoms with Crippen LogP contribution < -0.4 is 9.47 Å². The summed E-state index contributed by atoms with van der Waals surface area (Å²) < 4.78 is 49.2. The molecule has 0 N–H and O–H groups in total. The summed E-state index contributed by atoms with van der Waals surface area (Å²) in [4.78, 5) is 7.29. The molecular formula is C14H15F3N2O2S. The van der Waals surface area contributed by atoms with Crippen LogP contribution in [0.2, 0.25) is 0 Å². The van der Waals surface area contributed by atoms with Crippen molar-refractivity contribution in [2.24, 2.45) is 0 Å². The lowest BCUT2D eigenvalue weighted by molar-refractivity contribution is -0.145. The summed E-state index contributed by atoms with van der Waals surface area (Å²) in [5.74, 6) is 0.272. The molecule has 1 aromatic carbocycles. The van der Waals surface area contributed by atoms with Gasteiger partial charge in [0.25, 0.3) is 0 Å². The van der Waals surface area contributed by atoms with Gasteiger partial charge < -0.3 is 9.47 Å². The summed E-state index contributed by atoms with van der Waals surface area (Å²) in [5, 5.41) is 0.809. The van der Waals surface area contributed by atoms with E-state index >= 15 is 0 Å². The number of aromatic nitrogens is 2. The van der Waals surface area contributed by atoms with Crippen LogP contribution in [0.25, 0.3) is 10.9 Å². The molecule has 8 heteroatoms. The van der Waals surface area contributed by atoms with Gasteiger partial charge in [-0.25, -0.2) is 9.97 Å². The minimum absolute atomic E-state index is 0.179. The SMILES string of the molecule is CCCSc1nc(C(F)(F)F)nc2cc(OC)c(OC)cc12. The zero-order chi connectivity index (χ0) is 16.3. The molecule has 0 fully saturated rings. The predicted octanol–water partition coefficient (Wildman–Crippen LogP) is 4.17. The predicted molar refractivity (Wildman–Crippen MR) is 78.7 cm³/mol. The van der Waals surface area contributed by atoms with Crippen LogP contribution in [0.1, 0.15) is 19.2 Å². The molecule has 4 nitrogen and oxygen atoms in total. The van der Waals surface area contributed by atoms with Crippen molar-refractivity contribution in [3.05, 3.63) is 18.0 Å². The minimum atomic E-state index is -4.59. The highest BCUT2D eigenvalue weighted by atomic mass is 32.2. The van der Waals surface area contributed by atoms with Crippen molar-refractivity contribution in [2.45, 2.75) is 24.5 Å². The summed E-state index contributed by atoms with van der Waals surface area (Å²) in [5.41, 5.74) is 0.179. The fourth-order valence-electron chi connectivity index (χ4n) is 1.86. The summed E-state index contributed by atoms with van der Waals surface area (Å²) >= 11 is 1.27. The Bertz CT molecular complexity index is 677. The number of alkyl halides is 3.